The SMILES string of the molecule is Cc1ccc(N2C(=O)c3cccc4c(Oc5ccccc5[N+](=O)[O-])ccc(c34)C2=O)cc1. The fourth-order valence-electron chi connectivity index (χ4n) is 3.90. The lowest BCUT2D eigenvalue weighted by molar-refractivity contribution is -0.385. The molecule has 0 fully saturated rings. The lowest BCUT2D eigenvalue weighted by Gasteiger charge is -2.27. The normalized spacial score (nSPS) is 12.8. The molecule has 1 aliphatic heterocycles. The number of amides is 2. The van der Waals surface area contributed by atoms with Crippen LogP contribution in [0.3, 0.4) is 0 Å². The van der Waals surface area contributed by atoms with Crippen molar-refractivity contribution in [2.75, 3.05) is 4.90 Å². The van der Waals surface area contributed by atoms with Crippen molar-refractivity contribution >= 4 is 34.0 Å². The maximum atomic E-state index is 13.3. The van der Waals surface area contributed by atoms with Gasteiger partial charge < -0.3 is 4.74 Å². The van der Waals surface area contributed by atoms with E-state index in [0.717, 1.165) is 5.56 Å². The fourth-order valence-corrected chi connectivity index (χ4v) is 3.90. The van der Waals surface area contributed by atoms with Crippen LogP contribution in [0.15, 0.2) is 78.9 Å². The molecule has 0 spiro atoms. The number of carbonyl (C=O) groups is 2. The largest absolute Gasteiger partial charge is 0.449 e. The molecule has 0 aromatic heterocycles. The number of hydrogen-bond acceptors (Lipinski definition) is 5. The number of benzene rings is 4. The van der Waals surface area contributed by atoms with Crippen molar-refractivity contribution in [2.45, 2.75) is 6.92 Å². The Bertz CT molecular complexity index is 1400. The van der Waals surface area contributed by atoms with Crippen molar-refractivity contribution in [3.8, 4) is 11.5 Å². The van der Waals surface area contributed by atoms with E-state index in [2.05, 4.69) is 0 Å². The Morgan fingerprint density at radius 2 is 1.47 bits per heavy atom. The van der Waals surface area contributed by atoms with Gasteiger partial charge in [-0.25, -0.2) is 4.90 Å². The van der Waals surface area contributed by atoms with Crippen molar-refractivity contribution in [1.82, 2.24) is 0 Å². The van der Waals surface area contributed by atoms with Gasteiger partial charge in [0.25, 0.3) is 11.8 Å². The second kappa shape index (κ2) is 7.31. The number of nitro groups is 1. The highest BCUT2D eigenvalue weighted by Crippen LogP contribution is 2.40. The second-order valence-electron chi connectivity index (χ2n) is 7.45. The molecule has 1 heterocycles. The predicted molar refractivity (Wildman–Crippen MR) is 119 cm³/mol. The number of imide groups is 1. The zero-order valence-electron chi connectivity index (χ0n) is 16.9. The number of hydrogen-bond donors (Lipinski definition) is 0. The minimum atomic E-state index is -0.521. The van der Waals surface area contributed by atoms with E-state index in [-0.39, 0.29) is 11.4 Å². The van der Waals surface area contributed by atoms with Crippen molar-refractivity contribution in [3.05, 3.63) is 106 Å². The van der Waals surface area contributed by atoms with Gasteiger partial charge in [0.2, 0.25) is 5.75 Å². The van der Waals surface area contributed by atoms with E-state index in [9.17, 15) is 19.7 Å². The molecule has 7 heteroatoms. The van der Waals surface area contributed by atoms with E-state index in [1.807, 2.05) is 19.1 Å². The number of anilines is 1. The van der Waals surface area contributed by atoms with E-state index >= 15 is 0 Å². The highest BCUT2D eigenvalue weighted by Gasteiger charge is 2.34. The van der Waals surface area contributed by atoms with Crippen LogP contribution in [0.5, 0.6) is 11.5 Å². The highest BCUT2D eigenvalue weighted by molar-refractivity contribution is 6.36. The van der Waals surface area contributed by atoms with Crippen LogP contribution in [-0.4, -0.2) is 16.7 Å². The van der Waals surface area contributed by atoms with E-state index < -0.39 is 16.7 Å². The van der Waals surface area contributed by atoms with E-state index in [4.69, 9.17) is 4.74 Å². The zero-order valence-corrected chi connectivity index (χ0v) is 16.9. The topological polar surface area (TPSA) is 89.8 Å². The van der Waals surface area contributed by atoms with Crippen molar-refractivity contribution in [2.24, 2.45) is 0 Å². The Labute approximate surface area is 182 Å². The molecule has 4 aromatic carbocycles. The molecule has 2 amide bonds. The fraction of sp³-hybridized carbons (Fsp3) is 0.0400. The number of aryl methyl sites for hydroxylation is 1. The van der Waals surface area contributed by atoms with E-state index in [0.29, 0.717) is 33.3 Å². The average Bonchev–Trinajstić information content (AvgIpc) is 2.79. The molecule has 5 rings (SSSR count). The van der Waals surface area contributed by atoms with Gasteiger partial charge in [0.15, 0.2) is 0 Å². The molecule has 1 aliphatic rings. The van der Waals surface area contributed by atoms with Crippen molar-refractivity contribution in [1.29, 1.82) is 0 Å². The molecule has 0 N–H and O–H groups in total. The van der Waals surface area contributed by atoms with Gasteiger partial charge in [-0.15, -0.1) is 0 Å². The van der Waals surface area contributed by atoms with Gasteiger partial charge in [0, 0.05) is 28.0 Å². The summed E-state index contributed by atoms with van der Waals surface area (Å²) in [7, 11) is 0. The van der Waals surface area contributed by atoms with Crippen LogP contribution in [0, 0.1) is 17.0 Å². The molecule has 4 aromatic rings. The van der Waals surface area contributed by atoms with Gasteiger partial charge in [-0.1, -0.05) is 42.0 Å². The molecule has 0 atom stereocenters. The van der Waals surface area contributed by atoms with Crippen LogP contribution >= 0.6 is 0 Å². The van der Waals surface area contributed by atoms with Gasteiger partial charge in [-0.3, -0.25) is 19.7 Å². The first-order valence-corrected chi connectivity index (χ1v) is 9.88. The summed E-state index contributed by atoms with van der Waals surface area (Å²) in [6.45, 7) is 1.93. The van der Waals surface area contributed by atoms with Crippen LogP contribution in [0.25, 0.3) is 10.8 Å². The monoisotopic (exact) mass is 424 g/mol. The third-order valence-electron chi connectivity index (χ3n) is 5.44. The molecule has 0 aliphatic carbocycles. The predicted octanol–water partition coefficient (Wildman–Crippen LogP) is 5.65. The van der Waals surface area contributed by atoms with Gasteiger partial charge in [-0.2, -0.15) is 0 Å². The third kappa shape index (κ3) is 2.99. The molecule has 0 saturated heterocycles. The first-order valence-electron chi connectivity index (χ1n) is 9.88. The molecule has 156 valence electrons. The zero-order chi connectivity index (χ0) is 22.4. The van der Waals surface area contributed by atoms with Crippen LogP contribution in [0.4, 0.5) is 11.4 Å². The van der Waals surface area contributed by atoms with E-state index in [1.54, 1.807) is 54.6 Å². The Balaban J connectivity index is 1.65. The number of rotatable bonds is 4. The van der Waals surface area contributed by atoms with Gasteiger partial charge >= 0.3 is 5.69 Å². The highest BCUT2D eigenvalue weighted by atomic mass is 16.6. The maximum Gasteiger partial charge on any atom is 0.311 e. The molecule has 0 radical (unpaired) electrons. The van der Waals surface area contributed by atoms with Crippen molar-refractivity contribution in [3.63, 3.8) is 0 Å². The minimum Gasteiger partial charge on any atom is -0.449 e. The number of nitro benzene ring substituents is 1. The number of para-hydroxylation sites is 2. The summed E-state index contributed by atoms with van der Waals surface area (Å²) in [5, 5.41) is 12.4. The third-order valence-corrected chi connectivity index (χ3v) is 5.44. The van der Waals surface area contributed by atoms with Crippen LogP contribution in [0.1, 0.15) is 26.3 Å². The first kappa shape index (κ1) is 19.4. The molecular formula is C25H16N2O5. The van der Waals surface area contributed by atoms with Gasteiger partial charge in [0.1, 0.15) is 5.75 Å². The van der Waals surface area contributed by atoms with E-state index in [1.165, 1.54) is 17.0 Å². The summed E-state index contributed by atoms with van der Waals surface area (Å²) < 4.78 is 5.88. The number of carbonyl (C=O) groups excluding carboxylic acids is 2. The average molecular weight is 424 g/mol. The summed E-state index contributed by atoms with van der Waals surface area (Å²) in [5.41, 5.74) is 2.07. The molecule has 0 unspecified atom stereocenters. The molecule has 7 nitrogen and oxygen atoms in total. The maximum absolute atomic E-state index is 13.3. The Hall–Kier alpha value is -4.52. The molecule has 0 saturated carbocycles. The lowest BCUT2D eigenvalue weighted by atomic mass is 9.93. The van der Waals surface area contributed by atoms with Gasteiger partial charge in [-0.05, 0) is 43.3 Å². The molecule has 32 heavy (non-hydrogen) atoms. The Morgan fingerprint density at radius 3 is 2.19 bits per heavy atom. The summed E-state index contributed by atoms with van der Waals surface area (Å²) in [4.78, 5) is 38.6. The molecular weight excluding hydrogens is 408 g/mol. The second-order valence-corrected chi connectivity index (χ2v) is 7.45. The standard InChI is InChI=1S/C25H16N2O5/c1-15-9-11-16(12-10-15)26-24(28)18-6-4-5-17-21(14-13-19(23(17)18)25(26)29)32-22-8-3-2-7-20(22)27(30)31/h2-14H,1H3. The summed E-state index contributed by atoms with van der Waals surface area (Å²) in [5.74, 6) is -0.461. The number of nitrogens with zero attached hydrogens (tertiary/aromatic N) is 2. The summed E-state index contributed by atoms with van der Waals surface area (Å²) in [6.07, 6.45) is 0. The Kier molecular flexibility index (Phi) is 4.44. The number of ether oxygens (including phenoxy) is 1. The van der Waals surface area contributed by atoms with Crippen LogP contribution < -0.4 is 9.64 Å². The van der Waals surface area contributed by atoms with Crippen LogP contribution in [0.2, 0.25) is 0 Å². The van der Waals surface area contributed by atoms with Crippen LogP contribution in [-0.2, 0) is 0 Å². The van der Waals surface area contributed by atoms with Crippen molar-refractivity contribution < 1.29 is 19.2 Å². The summed E-state index contributed by atoms with van der Waals surface area (Å²) >= 11 is 0. The lowest BCUT2D eigenvalue weighted by Crippen LogP contribution is -2.40. The molecule has 0 bridgehead atoms. The van der Waals surface area contributed by atoms with Gasteiger partial charge in [0.05, 0.1) is 10.6 Å². The minimum absolute atomic E-state index is 0.0768. The smallest absolute Gasteiger partial charge is 0.311 e. The Morgan fingerprint density at radius 1 is 0.781 bits per heavy atom. The quantitative estimate of drug-likeness (QED) is 0.240. The first-order chi connectivity index (χ1) is 15.5. The summed E-state index contributed by atoms with van der Waals surface area (Å²) in [6, 6.07) is 21.5.